The molecule has 0 amide bonds. The second-order valence-corrected chi connectivity index (χ2v) is 3.99. The second-order valence-electron chi connectivity index (χ2n) is 3.05. The number of thioether (sulfide) groups is 1. The minimum atomic E-state index is -0.306. The first-order valence-corrected chi connectivity index (χ1v) is 5.81. The van der Waals surface area contributed by atoms with Crippen LogP contribution in [0.5, 0.6) is 0 Å². The summed E-state index contributed by atoms with van der Waals surface area (Å²) in [5.74, 6) is 0.466. The Balaban J connectivity index is 2.04. The summed E-state index contributed by atoms with van der Waals surface area (Å²) in [5.41, 5.74) is 0.713. The number of carbonyl (C=O) groups excluding carboxylic acids is 1. The molecule has 2 heterocycles. The first-order valence-electron chi connectivity index (χ1n) is 4.83. The highest BCUT2D eigenvalue weighted by Crippen LogP contribution is 2.17. The van der Waals surface area contributed by atoms with E-state index in [1.165, 1.54) is 18.9 Å². The molecule has 7 heteroatoms. The number of methoxy groups -OCH3 is 1. The Morgan fingerprint density at radius 3 is 3.12 bits per heavy atom. The Bertz CT molecular complexity index is 500. The molecule has 17 heavy (non-hydrogen) atoms. The van der Waals surface area contributed by atoms with Crippen LogP contribution in [-0.4, -0.2) is 39.0 Å². The van der Waals surface area contributed by atoms with Gasteiger partial charge in [-0.3, -0.25) is 14.9 Å². The fourth-order valence-corrected chi connectivity index (χ4v) is 1.74. The van der Waals surface area contributed by atoms with Gasteiger partial charge in [0.1, 0.15) is 5.69 Å². The molecule has 0 aromatic carbocycles. The van der Waals surface area contributed by atoms with Crippen LogP contribution in [0, 0.1) is 0 Å². The van der Waals surface area contributed by atoms with Gasteiger partial charge in [-0.2, -0.15) is 4.98 Å². The lowest BCUT2D eigenvalue weighted by Gasteiger charge is -1.94. The lowest BCUT2D eigenvalue weighted by molar-refractivity contribution is -0.137. The maximum absolute atomic E-state index is 10.9. The lowest BCUT2D eigenvalue weighted by atomic mass is 10.3. The van der Waals surface area contributed by atoms with E-state index in [0.717, 1.165) is 0 Å². The first-order chi connectivity index (χ1) is 8.29. The summed E-state index contributed by atoms with van der Waals surface area (Å²) < 4.78 is 4.53. The molecule has 2 rings (SSSR count). The van der Waals surface area contributed by atoms with Crippen LogP contribution in [0.15, 0.2) is 29.6 Å². The third-order valence-corrected chi connectivity index (χ3v) is 2.74. The normalized spacial score (nSPS) is 10.2. The minimum Gasteiger partial charge on any atom is -0.468 e. The Morgan fingerprint density at radius 2 is 2.41 bits per heavy atom. The quantitative estimate of drug-likeness (QED) is 0.647. The molecule has 0 bridgehead atoms. The van der Waals surface area contributed by atoms with E-state index in [0.29, 0.717) is 16.7 Å². The Morgan fingerprint density at radius 1 is 1.53 bits per heavy atom. The molecule has 0 fully saturated rings. The number of rotatable bonds is 4. The van der Waals surface area contributed by atoms with Gasteiger partial charge in [0.2, 0.25) is 5.16 Å². The van der Waals surface area contributed by atoms with E-state index in [1.807, 2.05) is 18.2 Å². The maximum atomic E-state index is 10.9. The summed E-state index contributed by atoms with van der Waals surface area (Å²) >= 11 is 1.21. The van der Waals surface area contributed by atoms with Crippen LogP contribution in [-0.2, 0) is 9.53 Å². The number of ether oxygens (including phenoxy) is 1. The van der Waals surface area contributed by atoms with E-state index < -0.39 is 0 Å². The molecule has 0 aliphatic heterocycles. The van der Waals surface area contributed by atoms with Crippen LogP contribution < -0.4 is 0 Å². The Labute approximate surface area is 102 Å². The van der Waals surface area contributed by atoms with Crippen LogP contribution >= 0.6 is 11.8 Å². The van der Waals surface area contributed by atoms with E-state index in [4.69, 9.17) is 0 Å². The highest BCUT2D eigenvalue weighted by molar-refractivity contribution is 7.99. The number of nitrogens with one attached hydrogen (secondary N) is 1. The fraction of sp³-hybridized carbons (Fsp3) is 0.200. The van der Waals surface area contributed by atoms with E-state index in [9.17, 15) is 4.79 Å². The molecule has 1 N–H and O–H groups in total. The number of aromatic nitrogens is 4. The summed E-state index contributed by atoms with van der Waals surface area (Å²) in [4.78, 5) is 19.3. The molecule has 0 unspecified atom stereocenters. The van der Waals surface area contributed by atoms with Crippen LogP contribution in [0.1, 0.15) is 0 Å². The molecule has 2 aromatic heterocycles. The zero-order valence-electron chi connectivity index (χ0n) is 9.08. The lowest BCUT2D eigenvalue weighted by Crippen LogP contribution is -2.03. The van der Waals surface area contributed by atoms with E-state index in [2.05, 4.69) is 24.9 Å². The van der Waals surface area contributed by atoms with Crippen molar-refractivity contribution in [3.63, 3.8) is 0 Å². The molecule has 0 saturated carbocycles. The van der Waals surface area contributed by atoms with Crippen molar-refractivity contribution in [2.24, 2.45) is 0 Å². The summed E-state index contributed by atoms with van der Waals surface area (Å²) in [6.45, 7) is 0. The second kappa shape index (κ2) is 5.44. The minimum absolute atomic E-state index is 0.190. The van der Waals surface area contributed by atoms with Gasteiger partial charge in [0, 0.05) is 6.20 Å². The zero-order valence-corrected chi connectivity index (χ0v) is 9.90. The highest BCUT2D eigenvalue weighted by Gasteiger charge is 2.09. The maximum Gasteiger partial charge on any atom is 0.316 e. The standard InChI is InChI=1S/C10H10N4O2S/c1-16-8(15)6-17-10-12-9(13-14-10)7-4-2-3-5-11-7/h2-5H,6H2,1H3,(H,12,13,14). The molecule has 0 aliphatic rings. The van der Waals surface area contributed by atoms with Crippen molar-refractivity contribution in [1.82, 2.24) is 20.2 Å². The summed E-state index contributed by atoms with van der Waals surface area (Å²) in [6, 6.07) is 5.52. The number of hydrogen-bond donors (Lipinski definition) is 1. The summed E-state index contributed by atoms with van der Waals surface area (Å²) in [5, 5.41) is 7.24. The van der Waals surface area contributed by atoms with Gasteiger partial charge >= 0.3 is 5.97 Å². The smallest absolute Gasteiger partial charge is 0.316 e. The van der Waals surface area contributed by atoms with Crippen molar-refractivity contribution in [2.75, 3.05) is 12.9 Å². The topological polar surface area (TPSA) is 80.8 Å². The third kappa shape index (κ3) is 3.04. The van der Waals surface area contributed by atoms with Crippen molar-refractivity contribution in [1.29, 1.82) is 0 Å². The molecular formula is C10H10N4O2S. The van der Waals surface area contributed by atoms with E-state index >= 15 is 0 Å². The zero-order chi connectivity index (χ0) is 12.1. The largest absolute Gasteiger partial charge is 0.468 e. The van der Waals surface area contributed by atoms with Crippen molar-refractivity contribution in [2.45, 2.75) is 5.16 Å². The highest BCUT2D eigenvalue weighted by atomic mass is 32.2. The summed E-state index contributed by atoms with van der Waals surface area (Å²) in [6.07, 6.45) is 1.68. The van der Waals surface area contributed by atoms with Crippen molar-refractivity contribution in [3.05, 3.63) is 24.4 Å². The Kier molecular flexibility index (Phi) is 3.71. The molecular weight excluding hydrogens is 240 g/mol. The van der Waals surface area contributed by atoms with Gasteiger partial charge in [0.15, 0.2) is 5.82 Å². The number of nitrogens with zero attached hydrogens (tertiary/aromatic N) is 3. The molecule has 0 radical (unpaired) electrons. The van der Waals surface area contributed by atoms with Gasteiger partial charge in [-0.25, -0.2) is 0 Å². The Hall–Kier alpha value is -1.89. The third-order valence-electron chi connectivity index (χ3n) is 1.92. The average Bonchev–Trinajstić information content (AvgIpc) is 2.86. The predicted octanol–water partition coefficient (Wildman–Crippen LogP) is 1.13. The van der Waals surface area contributed by atoms with Crippen molar-refractivity contribution < 1.29 is 9.53 Å². The summed E-state index contributed by atoms with van der Waals surface area (Å²) in [7, 11) is 1.35. The molecule has 0 atom stereocenters. The monoisotopic (exact) mass is 250 g/mol. The number of pyridine rings is 1. The molecule has 6 nitrogen and oxygen atoms in total. The molecule has 0 spiro atoms. The van der Waals surface area contributed by atoms with Crippen LogP contribution in [0.2, 0.25) is 0 Å². The van der Waals surface area contributed by atoms with Gasteiger partial charge in [-0.15, -0.1) is 5.10 Å². The predicted molar refractivity (Wildman–Crippen MR) is 62.4 cm³/mol. The van der Waals surface area contributed by atoms with Gasteiger partial charge < -0.3 is 4.74 Å². The van der Waals surface area contributed by atoms with Crippen LogP contribution in [0.4, 0.5) is 0 Å². The number of aromatic amines is 1. The van der Waals surface area contributed by atoms with Crippen molar-refractivity contribution >= 4 is 17.7 Å². The van der Waals surface area contributed by atoms with E-state index in [1.54, 1.807) is 6.20 Å². The van der Waals surface area contributed by atoms with Crippen molar-refractivity contribution in [3.8, 4) is 11.5 Å². The molecule has 0 aliphatic carbocycles. The molecule has 2 aromatic rings. The van der Waals surface area contributed by atoms with Gasteiger partial charge in [0.25, 0.3) is 0 Å². The number of esters is 1. The van der Waals surface area contributed by atoms with Crippen LogP contribution in [0.3, 0.4) is 0 Å². The number of hydrogen-bond acceptors (Lipinski definition) is 6. The number of H-pyrrole nitrogens is 1. The molecule has 0 saturated heterocycles. The number of carbonyl (C=O) groups is 1. The van der Waals surface area contributed by atoms with Crippen LogP contribution in [0.25, 0.3) is 11.5 Å². The van der Waals surface area contributed by atoms with Gasteiger partial charge in [-0.1, -0.05) is 17.8 Å². The fourth-order valence-electron chi connectivity index (χ4n) is 1.11. The average molecular weight is 250 g/mol. The SMILES string of the molecule is COC(=O)CSc1n[nH]c(-c2ccccn2)n1. The van der Waals surface area contributed by atoms with Gasteiger partial charge in [0.05, 0.1) is 12.9 Å². The first kappa shape index (κ1) is 11.6. The molecule has 88 valence electrons. The van der Waals surface area contributed by atoms with E-state index in [-0.39, 0.29) is 11.7 Å². The van der Waals surface area contributed by atoms with Gasteiger partial charge in [-0.05, 0) is 12.1 Å².